The molecule has 2 aliphatic heterocycles. The van der Waals surface area contributed by atoms with Crippen LogP contribution in [-0.4, -0.2) is 36.0 Å². The molecule has 150 valence electrons. The third kappa shape index (κ3) is 3.32. The molecule has 5 nitrogen and oxygen atoms in total. The van der Waals surface area contributed by atoms with Crippen LogP contribution in [0.25, 0.3) is 0 Å². The van der Waals surface area contributed by atoms with Crippen molar-refractivity contribution in [3.63, 3.8) is 0 Å². The summed E-state index contributed by atoms with van der Waals surface area (Å²) in [5.41, 5.74) is 3.92. The molecule has 1 aromatic carbocycles. The number of methoxy groups -OCH3 is 1. The van der Waals surface area contributed by atoms with Gasteiger partial charge in [0.1, 0.15) is 5.75 Å². The zero-order chi connectivity index (χ0) is 19.8. The summed E-state index contributed by atoms with van der Waals surface area (Å²) in [6, 6.07) is 9.39. The highest BCUT2D eigenvalue weighted by Gasteiger charge is 2.43. The lowest BCUT2D eigenvalue weighted by Crippen LogP contribution is -2.51. The topological polar surface area (TPSA) is 54.7 Å². The molecule has 2 saturated heterocycles. The van der Waals surface area contributed by atoms with Crippen molar-refractivity contribution in [2.45, 2.75) is 70.6 Å². The molecule has 28 heavy (non-hydrogen) atoms. The number of nitrogens with one attached hydrogen (secondary N) is 1. The highest BCUT2D eigenvalue weighted by atomic mass is 16.5. The Bertz CT molecular complexity index is 832. The summed E-state index contributed by atoms with van der Waals surface area (Å²) in [6.07, 6.45) is 5.96. The van der Waals surface area contributed by atoms with Gasteiger partial charge in [-0.2, -0.15) is 0 Å². The number of rotatable bonds is 5. The van der Waals surface area contributed by atoms with Gasteiger partial charge in [0.05, 0.1) is 13.4 Å². The van der Waals surface area contributed by atoms with Crippen molar-refractivity contribution in [3.05, 3.63) is 53.0 Å². The number of ether oxygens (including phenoxy) is 1. The fourth-order valence-electron chi connectivity index (χ4n) is 5.28. The van der Waals surface area contributed by atoms with Crippen molar-refractivity contribution in [1.29, 1.82) is 0 Å². The normalized spacial score (nSPS) is 25.5. The summed E-state index contributed by atoms with van der Waals surface area (Å²) in [5.74, 6) is 1.25. The predicted molar refractivity (Wildman–Crippen MR) is 109 cm³/mol. The van der Waals surface area contributed by atoms with E-state index in [4.69, 9.17) is 9.15 Å². The largest absolute Gasteiger partial charge is 0.496 e. The molecule has 1 amide bonds. The molecule has 2 aliphatic rings. The lowest BCUT2D eigenvalue weighted by molar-refractivity contribution is 0.0677. The Morgan fingerprint density at radius 2 is 1.89 bits per heavy atom. The molecule has 4 rings (SSSR count). The summed E-state index contributed by atoms with van der Waals surface area (Å²) < 4.78 is 10.7. The van der Waals surface area contributed by atoms with Crippen LogP contribution >= 0.6 is 0 Å². The first kappa shape index (κ1) is 19.1. The van der Waals surface area contributed by atoms with Crippen LogP contribution in [0.15, 0.2) is 34.9 Å². The Labute approximate surface area is 167 Å². The van der Waals surface area contributed by atoms with Gasteiger partial charge < -0.3 is 14.5 Å². The summed E-state index contributed by atoms with van der Waals surface area (Å²) in [6.45, 7) is 6.65. The van der Waals surface area contributed by atoms with Crippen LogP contribution in [0.3, 0.4) is 0 Å². The van der Waals surface area contributed by atoms with Crippen molar-refractivity contribution in [2.75, 3.05) is 7.11 Å². The number of benzene rings is 1. The molecule has 0 spiro atoms. The number of piperidine rings is 1. The molecular weight excluding hydrogens is 352 g/mol. The van der Waals surface area contributed by atoms with Gasteiger partial charge in [-0.3, -0.25) is 9.69 Å². The number of amides is 1. The van der Waals surface area contributed by atoms with E-state index in [0.29, 0.717) is 23.9 Å². The van der Waals surface area contributed by atoms with Crippen LogP contribution < -0.4 is 10.1 Å². The molecule has 5 heteroatoms. The maximum Gasteiger partial charge on any atom is 0.287 e. The number of hydrogen-bond acceptors (Lipinski definition) is 4. The fourth-order valence-corrected chi connectivity index (χ4v) is 5.28. The number of carbonyl (C=O) groups excluding carboxylic acids is 1. The lowest BCUT2D eigenvalue weighted by Gasteiger charge is -2.43. The maximum atomic E-state index is 12.4. The van der Waals surface area contributed by atoms with Gasteiger partial charge in [-0.25, -0.2) is 0 Å². The van der Waals surface area contributed by atoms with Crippen LogP contribution in [0.4, 0.5) is 0 Å². The van der Waals surface area contributed by atoms with Crippen LogP contribution in [0.2, 0.25) is 0 Å². The Morgan fingerprint density at radius 3 is 2.50 bits per heavy atom. The SMILES string of the molecule is COc1ccc(C(C)N2C3CCC2CC(NC(=O)c2ccco2)C3)c(C)c1C. The summed E-state index contributed by atoms with van der Waals surface area (Å²) in [5, 5.41) is 3.18. The predicted octanol–water partition coefficient (Wildman–Crippen LogP) is 4.39. The number of furan rings is 1. The van der Waals surface area contributed by atoms with Crippen molar-refractivity contribution in [2.24, 2.45) is 0 Å². The molecular formula is C23H30N2O3. The number of fused-ring (bicyclic) bond motifs is 2. The van der Waals surface area contributed by atoms with E-state index in [0.717, 1.165) is 18.6 Å². The second kappa shape index (κ2) is 7.63. The number of hydrogen-bond donors (Lipinski definition) is 1. The standard InChI is InChI=1S/C23H30N2O3/c1-14-15(2)21(27-4)10-9-20(14)16(3)25-18-7-8-19(25)13-17(12-18)24-23(26)22-6-5-11-28-22/h5-6,9-11,16-19H,7-8,12-13H2,1-4H3,(H,24,26). The second-order valence-electron chi connectivity index (χ2n) is 8.23. The average molecular weight is 383 g/mol. The molecule has 2 aromatic rings. The molecule has 0 aliphatic carbocycles. The zero-order valence-corrected chi connectivity index (χ0v) is 17.2. The summed E-state index contributed by atoms with van der Waals surface area (Å²) in [4.78, 5) is 15.0. The minimum Gasteiger partial charge on any atom is -0.496 e. The van der Waals surface area contributed by atoms with Crippen molar-refractivity contribution in [3.8, 4) is 5.75 Å². The smallest absolute Gasteiger partial charge is 0.287 e. The Balaban J connectivity index is 1.48. The highest BCUT2D eigenvalue weighted by Crippen LogP contribution is 2.43. The summed E-state index contributed by atoms with van der Waals surface area (Å²) >= 11 is 0. The van der Waals surface area contributed by atoms with E-state index in [2.05, 4.69) is 43.1 Å². The van der Waals surface area contributed by atoms with Crippen molar-refractivity contribution >= 4 is 5.91 Å². The third-order valence-electron chi connectivity index (χ3n) is 6.77. The Hall–Kier alpha value is -2.27. The zero-order valence-electron chi connectivity index (χ0n) is 17.2. The molecule has 3 heterocycles. The molecule has 3 unspecified atom stereocenters. The monoisotopic (exact) mass is 382 g/mol. The van der Waals surface area contributed by atoms with Gasteiger partial charge >= 0.3 is 0 Å². The molecule has 0 saturated carbocycles. The van der Waals surface area contributed by atoms with E-state index in [9.17, 15) is 4.79 Å². The highest BCUT2D eigenvalue weighted by molar-refractivity contribution is 5.91. The molecule has 2 fully saturated rings. The van der Waals surface area contributed by atoms with Crippen molar-refractivity contribution < 1.29 is 13.9 Å². The van der Waals surface area contributed by atoms with E-state index < -0.39 is 0 Å². The van der Waals surface area contributed by atoms with Crippen LogP contribution in [-0.2, 0) is 0 Å². The van der Waals surface area contributed by atoms with Gasteiger partial charge in [-0.15, -0.1) is 0 Å². The van der Waals surface area contributed by atoms with Gasteiger partial charge in [0.15, 0.2) is 5.76 Å². The average Bonchev–Trinajstić information content (AvgIpc) is 3.30. The Morgan fingerprint density at radius 1 is 1.18 bits per heavy atom. The van der Waals surface area contributed by atoms with Crippen LogP contribution in [0.1, 0.15) is 65.9 Å². The van der Waals surface area contributed by atoms with E-state index in [1.807, 2.05) is 0 Å². The first-order valence-electron chi connectivity index (χ1n) is 10.3. The molecule has 1 N–H and O–H groups in total. The quantitative estimate of drug-likeness (QED) is 0.833. The first-order chi connectivity index (χ1) is 13.5. The van der Waals surface area contributed by atoms with Crippen LogP contribution in [0.5, 0.6) is 5.75 Å². The van der Waals surface area contributed by atoms with E-state index in [-0.39, 0.29) is 11.9 Å². The lowest BCUT2D eigenvalue weighted by atomic mass is 9.91. The van der Waals surface area contributed by atoms with Crippen molar-refractivity contribution in [1.82, 2.24) is 10.2 Å². The van der Waals surface area contributed by atoms with E-state index in [1.165, 1.54) is 29.5 Å². The third-order valence-corrected chi connectivity index (χ3v) is 6.77. The van der Waals surface area contributed by atoms with Gasteiger partial charge in [0, 0.05) is 24.2 Å². The van der Waals surface area contributed by atoms with Crippen LogP contribution in [0, 0.1) is 13.8 Å². The minimum absolute atomic E-state index is 0.0995. The minimum atomic E-state index is -0.0995. The molecule has 3 atom stereocenters. The van der Waals surface area contributed by atoms with Gasteiger partial charge in [-0.1, -0.05) is 6.07 Å². The van der Waals surface area contributed by atoms with E-state index >= 15 is 0 Å². The molecule has 1 aromatic heterocycles. The maximum absolute atomic E-state index is 12.4. The number of nitrogens with zero attached hydrogens (tertiary/aromatic N) is 1. The van der Waals surface area contributed by atoms with Gasteiger partial charge in [-0.05, 0) is 81.3 Å². The molecule has 0 radical (unpaired) electrons. The van der Waals surface area contributed by atoms with Gasteiger partial charge in [0.2, 0.25) is 0 Å². The Kier molecular flexibility index (Phi) is 5.19. The van der Waals surface area contributed by atoms with Gasteiger partial charge in [0.25, 0.3) is 5.91 Å². The summed E-state index contributed by atoms with van der Waals surface area (Å²) in [7, 11) is 1.73. The number of carbonyl (C=O) groups is 1. The van der Waals surface area contributed by atoms with E-state index in [1.54, 1.807) is 25.5 Å². The molecule has 2 bridgehead atoms. The second-order valence-corrected chi connectivity index (χ2v) is 8.23. The fraction of sp³-hybridized carbons (Fsp3) is 0.522. The first-order valence-corrected chi connectivity index (χ1v) is 10.3.